The summed E-state index contributed by atoms with van der Waals surface area (Å²) in [5.41, 5.74) is 4.88. The molecule has 0 bridgehead atoms. The molecule has 1 aliphatic rings. The van der Waals surface area contributed by atoms with Gasteiger partial charge in [-0.3, -0.25) is 4.21 Å². The highest BCUT2D eigenvalue weighted by Gasteiger charge is 2.40. The van der Waals surface area contributed by atoms with Crippen LogP contribution in [0.15, 0.2) is 4.90 Å². The van der Waals surface area contributed by atoms with E-state index < -0.39 is 25.6 Å². The van der Waals surface area contributed by atoms with Gasteiger partial charge in [-0.2, -0.15) is 4.31 Å². The summed E-state index contributed by atoms with van der Waals surface area (Å²) in [6.45, 7) is 14.1. The zero-order valence-electron chi connectivity index (χ0n) is 15.1. The molecule has 0 aromatic heterocycles. The van der Waals surface area contributed by atoms with E-state index in [-0.39, 0.29) is 0 Å². The molecular formula is C17H27NO3S2. The summed E-state index contributed by atoms with van der Waals surface area (Å²) in [4.78, 5) is 0.432. The number of sulfonamides is 1. The van der Waals surface area contributed by atoms with E-state index >= 15 is 0 Å². The van der Waals surface area contributed by atoms with Crippen LogP contribution in [0.5, 0.6) is 0 Å². The molecule has 23 heavy (non-hydrogen) atoms. The second-order valence-electron chi connectivity index (χ2n) is 7.10. The van der Waals surface area contributed by atoms with Crippen molar-refractivity contribution >= 4 is 20.8 Å². The Morgan fingerprint density at radius 3 is 1.78 bits per heavy atom. The lowest BCUT2D eigenvalue weighted by molar-refractivity contribution is 0.378. The largest absolute Gasteiger partial charge is 0.259 e. The van der Waals surface area contributed by atoms with Gasteiger partial charge in [0.1, 0.15) is 0 Å². The van der Waals surface area contributed by atoms with Gasteiger partial charge in [-0.25, -0.2) is 8.42 Å². The zero-order chi connectivity index (χ0) is 17.7. The summed E-state index contributed by atoms with van der Waals surface area (Å²) < 4.78 is 39.6. The molecular weight excluding hydrogens is 330 g/mol. The van der Waals surface area contributed by atoms with E-state index in [0.29, 0.717) is 23.7 Å². The SMILES string of the molecule is Cc1c(C)c(C)c(S(=O)(=O)N2CC[S@](=O)C(C)(C)C2)c(C)c1C. The van der Waals surface area contributed by atoms with Crippen LogP contribution in [-0.2, 0) is 20.8 Å². The van der Waals surface area contributed by atoms with Gasteiger partial charge in [0.15, 0.2) is 0 Å². The van der Waals surface area contributed by atoms with Crippen LogP contribution < -0.4 is 0 Å². The van der Waals surface area contributed by atoms with Gasteiger partial charge in [0, 0.05) is 29.6 Å². The Kier molecular flexibility index (Phi) is 4.83. The first-order valence-electron chi connectivity index (χ1n) is 7.87. The minimum Gasteiger partial charge on any atom is -0.259 e. The molecule has 0 radical (unpaired) electrons. The third kappa shape index (κ3) is 3.01. The number of hydrogen-bond donors (Lipinski definition) is 0. The molecule has 1 saturated heterocycles. The Morgan fingerprint density at radius 1 is 0.913 bits per heavy atom. The van der Waals surface area contributed by atoms with E-state index in [4.69, 9.17) is 0 Å². The highest BCUT2D eigenvalue weighted by molar-refractivity contribution is 7.90. The summed E-state index contributed by atoms with van der Waals surface area (Å²) in [7, 11) is -4.57. The fourth-order valence-electron chi connectivity index (χ4n) is 3.22. The summed E-state index contributed by atoms with van der Waals surface area (Å²) in [6.07, 6.45) is 0. The minimum atomic E-state index is -3.58. The maximum absolute atomic E-state index is 13.3. The predicted octanol–water partition coefficient (Wildman–Crippen LogP) is 2.76. The maximum atomic E-state index is 13.3. The van der Waals surface area contributed by atoms with Crippen molar-refractivity contribution in [1.82, 2.24) is 4.31 Å². The van der Waals surface area contributed by atoms with Gasteiger partial charge in [-0.1, -0.05) is 0 Å². The minimum absolute atomic E-state index is 0.298. The molecule has 1 atom stereocenters. The maximum Gasteiger partial charge on any atom is 0.243 e. The van der Waals surface area contributed by atoms with Gasteiger partial charge in [0.05, 0.1) is 9.64 Å². The molecule has 1 aliphatic heterocycles. The molecule has 0 N–H and O–H groups in total. The van der Waals surface area contributed by atoms with E-state index in [1.54, 1.807) is 0 Å². The molecule has 1 aromatic rings. The van der Waals surface area contributed by atoms with Crippen LogP contribution in [0, 0.1) is 34.6 Å². The summed E-state index contributed by atoms with van der Waals surface area (Å²) in [5, 5.41) is 0. The Morgan fingerprint density at radius 2 is 1.35 bits per heavy atom. The van der Waals surface area contributed by atoms with Gasteiger partial charge in [-0.05, 0) is 76.3 Å². The van der Waals surface area contributed by atoms with E-state index in [1.165, 1.54) is 4.31 Å². The second kappa shape index (κ2) is 5.97. The topological polar surface area (TPSA) is 54.5 Å². The lowest BCUT2D eigenvalue weighted by atomic mass is 9.95. The first-order valence-corrected chi connectivity index (χ1v) is 10.6. The van der Waals surface area contributed by atoms with Crippen LogP contribution in [0.3, 0.4) is 0 Å². The van der Waals surface area contributed by atoms with Crippen LogP contribution in [0.2, 0.25) is 0 Å². The number of nitrogens with zero attached hydrogens (tertiary/aromatic N) is 1. The Labute approximate surface area is 142 Å². The molecule has 130 valence electrons. The van der Waals surface area contributed by atoms with E-state index in [2.05, 4.69) is 0 Å². The Hall–Kier alpha value is -0.720. The third-order valence-electron chi connectivity index (χ3n) is 5.23. The average Bonchev–Trinajstić information content (AvgIpc) is 2.45. The van der Waals surface area contributed by atoms with E-state index in [9.17, 15) is 12.6 Å². The molecule has 6 heteroatoms. The number of benzene rings is 1. The Balaban J connectivity index is 2.60. The average molecular weight is 358 g/mol. The highest BCUT2D eigenvalue weighted by Crippen LogP contribution is 2.33. The lowest BCUT2D eigenvalue weighted by Gasteiger charge is -2.37. The summed E-state index contributed by atoms with van der Waals surface area (Å²) in [5.74, 6) is 0.397. The van der Waals surface area contributed by atoms with E-state index in [1.807, 2.05) is 48.5 Å². The summed E-state index contributed by atoms with van der Waals surface area (Å²) in [6, 6.07) is 0. The van der Waals surface area contributed by atoms with Crippen molar-refractivity contribution in [2.45, 2.75) is 58.1 Å². The number of rotatable bonds is 2. The fraction of sp³-hybridized carbons (Fsp3) is 0.647. The van der Waals surface area contributed by atoms with Gasteiger partial charge < -0.3 is 0 Å². The van der Waals surface area contributed by atoms with Crippen LogP contribution in [-0.4, -0.2) is 40.5 Å². The third-order valence-corrected chi connectivity index (χ3v) is 9.26. The smallest absolute Gasteiger partial charge is 0.243 e. The normalized spacial score (nSPS) is 22.3. The zero-order valence-corrected chi connectivity index (χ0v) is 16.7. The number of hydrogen-bond acceptors (Lipinski definition) is 3. The second-order valence-corrected chi connectivity index (χ2v) is 11.2. The van der Waals surface area contributed by atoms with Crippen LogP contribution in [0.4, 0.5) is 0 Å². The van der Waals surface area contributed by atoms with Crippen LogP contribution in [0.1, 0.15) is 41.7 Å². The molecule has 1 heterocycles. The molecule has 4 nitrogen and oxygen atoms in total. The molecule has 1 fully saturated rings. The monoisotopic (exact) mass is 357 g/mol. The molecule has 0 saturated carbocycles. The lowest BCUT2D eigenvalue weighted by Crippen LogP contribution is -2.52. The van der Waals surface area contributed by atoms with Gasteiger partial charge >= 0.3 is 0 Å². The molecule has 0 unspecified atom stereocenters. The van der Waals surface area contributed by atoms with Crippen LogP contribution in [0.25, 0.3) is 0 Å². The molecule has 1 aromatic carbocycles. The Bertz CT molecular complexity index is 751. The summed E-state index contributed by atoms with van der Waals surface area (Å²) >= 11 is 0. The van der Waals surface area contributed by atoms with Gasteiger partial charge in [0.2, 0.25) is 10.0 Å². The molecule has 0 aliphatic carbocycles. The molecule has 2 rings (SSSR count). The molecule has 0 amide bonds. The van der Waals surface area contributed by atoms with Crippen molar-refractivity contribution in [2.24, 2.45) is 0 Å². The van der Waals surface area contributed by atoms with Crippen molar-refractivity contribution in [2.75, 3.05) is 18.8 Å². The highest BCUT2D eigenvalue weighted by atomic mass is 32.2. The molecule has 0 spiro atoms. The van der Waals surface area contributed by atoms with E-state index in [0.717, 1.165) is 27.8 Å². The standard InChI is InChI=1S/C17H27NO3S2/c1-11-12(2)14(4)16(15(5)13(11)3)23(20,21)18-8-9-22(19)17(6,7)10-18/h8-10H2,1-7H3/t22-/m0/s1. The van der Waals surface area contributed by atoms with Crippen molar-refractivity contribution in [3.05, 3.63) is 27.8 Å². The van der Waals surface area contributed by atoms with Gasteiger partial charge in [0.25, 0.3) is 0 Å². The first-order chi connectivity index (χ1) is 10.4. The van der Waals surface area contributed by atoms with Crippen LogP contribution >= 0.6 is 0 Å². The predicted molar refractivity (Wildman–Crippen MR) is 96.0 cm³/mol. The van der Waals surface area contributed by atoms with Crippen molar-refractivity contribution in [3.63, 3.8) is 0 Å². The van der Waals surface area contributed by atoms with Crippen molar-refractivity contribution in [1.29, 1.82) is 0 Å². The van der Waals surface area contributed by atoms with Gasteiger partial charge in [-0.15, -0.1) is 0 Å². The quantitative estimate of drug-likeness (QED) is 0.818. The first kappa shape index (κ1) is 18.6. The fourth-order valence-corrected chi connectivity index (χ4v) is 6.82. The van der Waals surface area contributed by atoms with Crippen molar-refractivity contribution < 1.29 is 12.6 Å². The van der Waals surface area contributed by atoms with Crippen molar-refractivity contribution in [3.8, 4) is 0 Å².